The average Bonchev–Trinajstić information content (AvgIpc) is 2.93. The van der Waals surface area contributed by atoms with Gasteiger partial charge in [-0.15, -0.1) is 11.3 Å². The molecule has 0 aliphatic rings. The molecule has 2 heterocycles. The van der Waals surface area contributed by atoms with Crippen molar-refractivity contribution in [2.45, 2.75) is 18.9 Å². The molecule has 0 aliphatic carbocycles. The van der Waals surface area contributed by atoms with Gasteiger partial charge in [-0.05, 0) is 17.7 Å². The number of rotatable bonds is 4. The van der Waals surface area contributed by atoms with Gasteiger partial charge in [0.15, 0.2) is 4.96 Å². The highest BCUT2D eigenvalue weighted by molar-refractivity contribution is 7.15. The number of imidazole rings is 1. The number of benzene rings is 1. The van der Waals surface area contributed by atoms with Gasteiger partial charge in [0, 0.05) is 40.7 Å². The topological polar surface area (TPSA) is 37.5 Å². The second-order valence-corrected chi connectivity index (χ2v) is 6.34. The van der Waals surface area contributed by atoms with Crippen LogP contribution in [0, 0.1) is 0 Å². The van der Waals surface area contributed by atoms with Gasteiger partial charge in [-0.3, -0.25) is 4.40 Å². The first-order valence-electron chi connectivity index (χ1n) is 6.15. The maximum atomic E-state index is 10.2. The number of aromatic nitrogens is 2. The molecule has 1 aromatic carbocycles. The highest BCUT2D eigenvalue weighted by Gasteiger charge is 2.12. The number of aliphatic hydroxyl groups excluding tert-OH is 1. The summed E-state index contributed by atoms with van der Waals surface area (Å²) in [6.07, 6.45) is 4.38. The first-order valence-corrected chi connectivity index (χ1v) is 7.78. The van der Waals surface area contributed by atoms with Crippen LogP contribution in [-0.4, -0.2) is 20.6 Å². The number of aliphatic hydroxyl groups is 1. The van der Waals surface area contributed by atoms with Gasteiger partial charge in [0.1, 0.15) is 0 Å². The number of hydrogen-bond donors (Lipinski definition) is 1. The third-order valence-corrected chi connectivity index (χ3v) is 4.42. The smallest absolute Gasteiger partial charge is 0.193 e. The van der Waals surface area contributed by atoms with Gasteiger partial charge in [0.2, 0.25) is 0 Å². The zero-order valence-corrected chi connectivity index (χ0v) is 12.8. The number of nitrogens with zero attached hydrogens (tertiary/aromatic N) is 2. The van der Waals surface area contributed by atoms with E-state index in [-0.39, 0.29) is 0 Å². The summed E-state index contributed by atoms with van der Waals surface area (Å²) in [6.45, 7) is 0. The summed E-state index contributed by atoms with van der Waals surface area (Å²) >= 11 is 13.5. The Morgan fingerprint density at radius 2 is 2.15 bits per heavy atom. The molecular weight excluding hydrogens is 315 g/mol. The minimum absolute atomic E-state index is 0.487. The van der Waals surface area contributed by atoms with E-state index in [1.54, 1.807) is 23.5 Å². The van der Waals surface area contributed by atoms with E-state index in [4.69, 9.17) is 23.2 Å². The molecule has 0 bridgehead atoms. The predicted molar refractivity (Wildman–Crippen MR) is 82.9 cm³/mol. The van der Waals surface area contributed by atoms with Gasteiger partial charge in [-0.2, -0.15) is 0 Å². The second kappa shape index (κ2) is 5.74. The molecule has 1 atom stereocenters. The lowest BCUT2D eigenvalue weighted by molar-refractivity contribution is 0.174. The van der Waals surface area contributed by atoms with E-state index in [0.29, 0.717) is 22.9 Å². The van der Waals surface area contributed by atoms with Crippen LogP contribution in [0.1, 0.15) is 11.3 Å². The van der Waals surface area contributed by atoms with Crippen LogP contribution in [0.4, 0.5) is 0 Å². The summed E-state index contributed by atoms with van der Waals surface area (Å²) in [5.41, 5.74) is 1.78. The standard InChI is InChI=1S/C14H12Cl2N2OS/c15-10-2-1-9(13(16)6-10)5-12(19)7-11-8-18-3-4-20-14(18)17-11/h1-4,6,8,12,19H,5,7H2. The van der Waals surface area contributed by atoms with Crippen LogP contribution in [0.3, 0.4) is 0 Å². The van der Waals surface area contributed by atoms with Crippen molar-refractivity contribution < 1.29 is 5.11 Å². The van der Waals surface area contributed by atoms with Gasteiger partial charge < -0.3 is 5.11 Å². The molecule has 0 radical (unpaired) electrons. The van der Waals surface area contributed by atoms with E-state index < -0.39 is 6.10 Å². The molecule has 0 aliphatic heterocycles. The van der Waals surface area contributed by atoms with Crippen LogP contribution < -0.4 is 0 Å². The Bertz CT molecular complexity index is 709. The van der Waals surface area contributed by atoms with E-state index in [1.165, 1.54) is 0 Å². The van der Waals surface area contributed by atoms with Crippen molar-refractivity contribution in [1.29, 1.82) is 0 Å². The van der Waals surface area contributed by atoms with Crippen molar-refractivity contribution >= 4 is 39.5 Å². The highest BCUT2D eigenvalue weighted by Crippen LogP contribution is 2.23. The Hall–Kier alpha value is -1.07. The lowest BCUT2D eigenvalue weighted by Crippen LogP contribution is -2.14. The zero-order chi connectivity index (χ0) is 14.1. The maximum absolute atomic E-state index is 10.2. The van der Waals surface area contributed by atoms with E-state index >= 15 is 0 Å². The molecular formula is C14H12Cl2N2OS. The molecule has 0 fully saturated rings. The first-order chi connectivity index (χ1) is 9.61. The first kappa shape index (κ1) is 13.9. The number of thiazole rings is 1. The molecule has 6 heteroatoms. The van der Waals surface area contributed by atoms with Crippen molar-refractivity contribution in [3.63, 3.8) is 0 Å². The van der Waals surface area contributed by atoms with Crippen molar-refractivity contribution in [3.05, 3.63) is 57.3 Å². The minimum Gasteiger partial charge on any atom is -0.392 e. The maximum Gasteiger partial charge on any atom is 0.193 e. The Balaban J connectivity index is 1.70. The molecule has 104 valence electrons. The molecule has 2 aromatic heterocycles. The summed E-state index contributed by atoms with van der Waals surface area (Å²) in [5.74, 6) is 0. The molecule has 0 saturated heterocycles. The average molecular weight is 327 g/mol. The van der Waals surface area contributed by atoms with Gasteiger partial charge in [-0.1, -0.05) is 29.3 Å². The third kappa shape index (κ3) is 2.99. The fourth-order valence-corrected chi connectivity index (χ4v) is 3.33. The third-order valence-electron chi connectivity index (χ3n) is 3.06. The molecule has 0 saturated carbocycles. The normalized spacial score (nSPS) is 12.9. The molecule has 3 nitrogen and oxygen atoms in total. The SMILES string of the molecule is OC(Cc1cn2ccsc2n1)Cc1ccc(Cl)cc1Cl. The Labute approximate surface area is 130 Å². The predicted octanol–water partition coefficient (Wildman–Crippen LogP) is 3.85. The number of fused-ring (bicyclic) bond motifs is 1. The summed E-state index contributed by atoms with van der Waals surface area (Å²) in [7, 11) is 0. The van der Waals surface area contributed by atoms with Crippen LogP contribution in [0.2, 0.25) is 10.0 Å². The van der Waals surface area contributed by atoms with Crippen LogP contribution in [0.5, 0.6) is 0 Å². The van der Waals surface area contributed by atoms with Gasteiger partial charge in [0.05, 0.1) is 11.8 Å². The van der Waals surface area contributed by atoms with E-state index in [1.807, 2.05) is 28.2 Å². The van der Waals surface area contributed by atoms with Gasteiger partial charge in [0.25, 0.3) is 0 Å². The zero-order valence-electron chi connectivity index (χ0n) is 10.5. The minimum atomic E-state index is -0.515. The Morgan fingerprint density at radius 3 is 2.90 bits per heavy atom. The highest BCUT2D eigenvalue weighted by atomic mass is 35.5. The van der Waals surface area contributed by atoms with E-state index in [2.05, 4.69) is 4.98 Å². The van der Waals surface area contributed by atoms with Crippen molar-refractivity contribution in [2.75, 3.05) is 0 Å². The molecule has 0 spiro atoms. The van der Waals surface area contributed by atoms with Crippen molar-refractivity contribution in [2.24, 2.45) is 0 Å². The van der Waals surface area contributed by atoms with Crippen molar-refractivity contribution in [1.82, 2.24) is 9.38 Å². The second-order valence-electron chi connectivity index (χ2n) is 4.62. The van der Waals surface area contributed by atoms with Crippen LogP contribution in [0.15, 0.2) is 36.0 Å². The molecule has 3 aromatic rings. The van der Waals surface area contributed by atoms with Gasteiger partial charge >= 0.3 is 0 Å². The Morgan fingerprint density at radius 1 is 1.30 bits per heavy atom. The molecule has 3 rings (SSSR count). The van der Waals surface area contributed by atoms with Gasteiger partial charge in [-0.25, -0.2) is 4.98 Å². The van der Waals surface area contributed by atoms with E-state index in [0.717, 1.165) is 16.2 Å². The lowest BCUT2D eigenvalue weighted by atomic mass is 10.0. The quantitative estimate of drug-likeness (QED) is 0.790. The fourth-order valence-electron chi connectivity index (χ4n) is 2.13. The summed E-state index contributed by atoms with van der Waals surface area (Å²) in [4.78, 5) is 5.40. The molecule has 1 N–H and O–H groups in total. The van der Waals surface area contributed by atoms with Crippen molar-refractivity contribution in [3.8, 4) is 0 Å². The summed E-state index contributed by atoms with van der Waals surface area (Å²) in [5, 5.41) is 13.3. The lowest BCUT2D eigenvalue weighted by Gasteiger charge is -2.10. The summed E-state index contributed by atoms with van der Waals surface area (Å²) < 4.78 is 1.96. The van der Waals surface area contributed by atoms with Crippen LogP contribution in [-0.2, 0) is 12.8 Å². The van der Waals surface area contributed by atoms with Crippen LogP contribution in [0.25, 0.3) is 4.96 Å². The number of halogens is 2. The monoisotopic (exact) mass is 326 g/mol. The van der Waals surface area contributed by atoms with Crippen LogP contribution >= 0.6 is 34.5 Å². The number of hydrogen-bond acceptors (Lipinski definition) is 3. The fraction of sp³-hybridized carbons (Fsp3) is 0.214. The molecule has 0 amide bonds. The van der Waals surface area contributed by atoms with E-state index in [9.17, 15) is 5.11 Å². The largest absolute Gasteiger partial charge is 0.392 e. The molecule has 20 heavy (non-hydrogen) atoms. The molecule has 1 unspecified atom stereocenters. The summed E-state index contributed by atoms with van der Waals surface area (Å²) in [6, 6.07) is 5.32. The Kier molecular flexibility index (Phi) is 3.98.